The van der Waals surface area contributed by atoms with Crippen molar-refractivity contribution in [3.63, 3.8) is 0 Å². The highest BCUT2D eigenvalue weighted by Gasteiger charge is 2.05. The van der Waals surface area contributed by atoms with Crippen LogP contribution in [0.2, 0.25) is 4.34 Å². The zero-order valence-corrected chi connectivity index (χ0v) is 13.0. The summed E-state index contributed by atoms with van der Waals surface area (Å²) in [5.41, 5.74) is 0. The Kier molecular flexibility index (Phi) is 6.48. The lowest BCUT2D eigenvalue weighted by Gasteiger charge is -2.07. The maximum Gasteiger partial charge on any atom is 0.233 e. The maximum absolute atomic E-state index is 11.4. The summed E-state index contributed by atoms with van der Waals surface area (Å²) < 4.78 is 1.65. The maximum atomic E-state index is 11.4. The van der Waals surface area contributed by atoms with Gasteiger partial charge in [0.25, 0.3) is 0 Å². The Morgan fingerprint density at radius 1 is 1.59 bits per heavy atom. The van der Waals surface area contributed by atoms with Crippen LogP contribution in [0.25, 0.3) is 0 Å². The number of thiophene rings is 1. The fraction of sp³-hybridized carbons (Fsp3) is 0.545. The first kappa shape index (κ1) is 15.0. The van der Waals surface area contributed by atoms with Crippen LogP contribution in [-0.2, 0) is 11.3 Å². The lowest BCUT2D eigenvalue weighted by atomic mass is 10.2. The van der Waals surface area contributed by atoms with Gasteiger partial charge in [0.2, 0.25) is 5.91 Å². The Hall–Kier alpha value is -0.100. The van der Waals surface area contributed by atoms with Gasteiger partial charge in [-0.15, -0.1) is 11.3 Å². The summed E-state index contributed by atoms with van der Waals surface area (Å²) in [5, 5.41) is 5.94. The largest absolute Gasteiger partial charge is 0.355 e. The minimum absolute atomic E-state index is 0.0282. The number of rotatable bonds is 6. The van der Waals surface area contributed by atoms with Crippen molar-refractivity contribution in [1.29, 1.82) is 0 Å². The van der Waals surface area contributed by atoms with Gasteiger partial charge in [-0.25, -0.2) is 0 Å². The molecule has 0 aromatic carbocycles. The molecule has 0 saturated heterocycles. The van der Waals surface area contributed by atoms with Gasteiger partial charge in [0.15, 0.2) is 0 Å². The molecule has 0 aliphatic rings. The van der Waals surface area contributed by atoms with Crippen molar-refractivity contribution in [2.45, 2.75) is 20.4 Å². The zero-order chi connectivity index (χ0) is 12.8. The Morgan fingerprint density at radius 2 is 2.29 bits per heavy atom. The topological polar surface area (TPSA) is 41.1 Å². The van der Waals surface area contributed by atoms with Crippen molar-refractivity contribution in [1.82, 2.24) is 10.6 Å². The van der Waals surface area contributed by atoms with Crippen molar-refractivity contribution in [2.24, 2.45) is 5.92 Å². The molecule has 6 heteroatoms. The van der Waals surface area contributed by atoms with E-state index in [2.05, 4.69) is 40.4 Å². The van der Waals surface area contributed by atoms with Gasteiger partial charge in [0.1, 0.15) is 4.34 Å². The highest BCUT2D eigenvalue weighted by atomic mass is 79.9. The van der Waals surface area contributed by atoms with E-state index in [1.165, 1.54) is 11.3 Å². The van der Waals surface area contributed by atoms with Crippen LogP contribution in [-0.4, -0.2) is 19.0 Å². The Labute approximate surface area is 119 Å². The number of carbonyl (C=O) groups excluding carboxylic acids is 1. The molecule has 1 aromatic rings. The Morgan fingerprint density at radius 3 is 2.82 bits per heavy atom. The number of amides is 1. The molecule has 1 amide bonds. The van der Waals surface area contributed by atoms with E-state index in [0.717, 1.165) is 20.2 Å². The fourth-order valence-electron chi connectivity index (χ4n) is 1.16. The molecule has 1 heterocycles. The summed E-state index contributed by atoms with van der Waals surface area (Å²) in [6.45, 7) is 5.85. The average Bonchev–Trinajstić information content (AvgIpc) is 2.55. The van der Waals surface area contributed by atoms with Crippen LogP contribution in [0.3, 0.4) is 0 Å². The summed E-state index contributed by atoms with van der Waals surface area (Å²) in [6, 6.07) is 1.96. The summed E-state index contributed by atoms with van der Waals surface area (Å²) in [4.78, 5) is 12.5. The summed E-state index contributed by atoms with van der Waals surface area (Å²) >= 11 is 10.8. The average molecular weight is 340 g/mol. The minimum atomic E-state index is 0.0282. The monoisotopic (exact) mass is 338 g/mol. The van der Waals surface area contributed by atoms with Gasteiger partial charge in [0, 0.05) is 22.4 Å². The molecule has 0 spiro atoms. The number of hydrogen-bond donors (Lipinski definition) is 2. The van der Waals surface area contributed by atoms with E-state index in [4.69, 9.17) is 11.6 Å². The van der Waals surface area contributed by atoms with Crippen molar-refractivity contribution in [3.05, 3.63) is 19.8 Å². The smallest absolute Gasteiger partial charge is 0.233 e. The van der Waals surface area contributed by atoms with E-state index in [1.807, 2.05) is 6.07 Å². The van der Waals surface area contributed by atoms with Gasteiger partial charge in [-0.2, -0.15) is 0 Å². The van der Waals surface area contributed by atoms with Crippen LogP contribution in [0.15, 0.2) is 10.5 Å². The SMILES string of the molecule is CC(C)CNC(=O)CNCc1cc(Br)c(Cl)s1. The van der Waals surface area contributed by atoms with E-state index in [9.17, 15) is 4.79 Å². The molecule has 0 aliphatic carbocycles. The first-order valence-corrected chi connectivity index (χ1v) is 7.39. The third-order valence-electron chi connectivity index (χ3n) is 1.99. The molecule has 0 unspecified atom stereocenters. The first-order chi connectivity index (χ1) is 7.99. The molecule has 3 nitrogen and oxygen atoms in total. The van der Waals surface area contributed by atoms with E-state index >= 15 is 0 Å². The first-order valence-electron chi connectivity index (χ1n) is 5.40. The van der Waals surface area contributed by atoms with Crippen LogP contribution < -0.4 is 10.6 Å². The second kappa shape index (κ2) is 7.36. The molecule has 96 valence electrons. The molecule has 0 saturated carbocycles. The van der Waals surface area contributed by atoms with Gasteiger partial charge < -0.3 is 10.6 Å². The number of hydrogen-bond acceptors (Lipinski definition) is 3. The van der Waals surface area contributed by atoms with Crippen LogP contribution in [0.5, 0.6) is 0 Å². The molecule has 1 aromatic heterocycles. The third kappa shape index (κ3) is 5.86. The van der Waals surface area contributed by atoms with Gasteiger partial charge in [-0.3, -0.25) is 4.79 Å². The molecular formula is C11H16BrClN2OS. The Bertz CT molecular complexity index is 362. The standard InChI is InChI=1S/C11H16BrClN2OS/c1-7(2)4-15-10(16)6-14-5-8-3-9(12)11(13)17-8/h3,7,14H,4-6H2,1-2H3,(H,15,16). The quantitative estimate of drug-likeness (QED) is 0.836. The summed E-state index contributed by atoms with van der Waals surface area (Å²) in [5.74, 6) is 0.506. The Balaban J connectivity index is 2.21. The number of nitrogens with one attached hydrogen (secondary N) is 2. The van der Waals surface area contributed by atoms with Gasteiger partial charge in [-0.1, -0.05) is 25.4 Å². The highest BCUT2D eigenvalue weighted by Crippen LogP contribution is 2.31. The molecule has 0 atom stereocenters. The molecule has 17 heavy (non-hydrogen) atoms. The van der Waals surface area contributed by atoms with Crippen LogP contribution in [0.4, 0.5) is 0 Å². The van der Waals surface area contributed by atoms with Crippen LogP contribution in [0, 0.1) is 5.92 Å². The summed E-state index contributed by atoms with van der Waals surface area (Å²) in [7, 11) is 0. The minimum Gasteiger partial charge on any atom is -0.355 e. The van der Waals surface area contributed by atoms with Crippen LogP contribution >= 0.6 is 38.9 Å². The van der Waals surface area contributed by atoms with Crippen molar-refractivity contribution < 1.29 is 4.79 Å². The van der Waals surface area contributed by atoms with E-state index in [1.54, 1.807) is 0 Å². The lowest BCUT2D eigenvalue weighted by molar-refractivity contribution is -0.120. The molecule has 0 bridgehead atoms. The van der Waals surface area contributed by atoms with E-state index in [-0.39, 0.29) is 5.91 Å². The van der Waals surface area contributed by atoms with E-state index < -0.39 is 0 Å². The number of halogens is 2. The van der Waals surface area contributed by atoms with Crippen molar-refractivity contribution in [2.75, 3.05) is 13.1 Å². The fourth-order valence-corrected chi connectivity index (χ4v) is 2.92. The normalized spacial score (nSPS) is 10.9. The van der Waals surface area contributed by atoms with E-state index in [0.29, 0.717) is 19.0 Å². The second-order valence-corrected chi connectivity index (χ2v) is 6.73. The molecular weight excluding hydrogens is 324 g/mol. The van der Waals surface area contributed by atoms with Crippen molar-refractivity contribution >= 4 is 44.8 Å². The zero-order valence-electron chi connectivity index (χ0n) is 9.85. The predicted molar refractivity (Wildman–Crippen MR) is 76.6 cm³/mol. The predicted octanol–water partition coefficient (Wildman–Crippen LogP) is 3.03. The summed E-state index contributed by atoms with van der Waals surface area (Å²) in [6.07, 6.45) is 0. The highest BCUT2D eigenvalue weighted by molar-refractivity contribution is 9.10. The molecule has 1 rings (SSSR count). The third-order valence-corrected chi connectivity index (χ3v) is 4.46. The molecule has 0 radical (unpaired) electrons. The second-order valence-electron chi connectivity index (χ2n) is 4.14. The lowest BCUT2D eigenvalue weighted by Crippen LogP contribution is -2.35. The molecule has 2 N–H and O–H groups in total. The van der Waals surface area contributed by atoms with Gasteiger partial charge in [-0.05, 0) is 27.9 Å². The number of carbonyl (C=O) groups is 1. The van der Waals surface area contributed by atoms with Gasteiger partial charge in [0.05, 0.1) is 6.54 Å². The van der Waals surface area contributed by atoms with Gasteiger partial charge >= 0.3 is 0 Å². The molecule has 0 aliphatic heterocycles. The van der Waals surface area contributed by atoms with Crippen LogP contribution in [0.1, 0.15) is 18.7 Å². The van der Waals surface area contributed by atoms with Crippen molar-refractivity contribution in [3.8, 4) is 0 Å². The molecule has 0 fully saturated rings.